The molecule has 2 amide bonds. The topological polar surface area (TPSA) is 86.3 Å². The van der Waals surface area contributed by atoms with E-state index in [0.717, 1.165) is 19.4 Å². The molecule has 2 aromatic rings. The van der Waals surface area contributed by atoms with Crippen LogP contribution in [0.2, 0.25) is 0 Å². The molecule has 2 aliphatic heterocycles. The molecule has 2 heterocycles. The van der Waals surface area contributed by atoms with Crippen LogP contribution in [-0.4, -0.2) is 63.0 Å². The van der Waals surface area contributed by atoms with E-state index in [9.17, 15) is 9.59 Å². The Labute approximate surface area is 187 Å². The highest BCUT2D eigenvalue weighted by Gasteiger charge is 2.33. The summed E-state index contributed by atoms with van der Waals surface area (Å²) in [6.07, 6.45) is 1.73. The predicted molar refractivity (Wildman–Crippen MR) is 118 cm³/mol. The first-order valence-electron chi connectivity index (χ1n) is 10.8. The molecule has 2 saturated heterocycles. The van der Waals surface area contributed by atoms with Crippen LogP contribution in [0.15, 0.2) is 48.5 Å². The minimum atomic E-state index is -0.283. The fraction of sp³-hybridized carbons (Fsp3) is 0.417. The quantitative estimate of drug-likeness (QED) is 0.713. The first-order valence-corrected chi connectivity index (χ1v) is 10.8. The molecule has 1 N–H and O–H groups in total. The SMILES string of the molecule is COc1cccc(NC(=O)COc2ccc(C(=O)N3CCCC(C4OCCO4)C3)cc2)c1. The number of ether oxygens (including phenoxy) is 4. The average Bonchev–Trinajstić information content (AvgIpc) is 3.38. The predicted octanol–water partition coefficient (Wildman–Crippen LogP) is 2.94. The summed E-state index contributed by atoms with van der Waals surface area (Å²) in [7, 11) is 1.57. The maximum absolute atomic E-state index is 12.9. The number of piperidine rings is 1. The van der Waals surface area contributed by atoms with Gasteiger partial charge in [0.1, 0.15) is 11.5 Å². The van der Waals surface area contributed by atoms with E-state index in [1.54, 1.807) is 55.6 Å². The van der Waals surface area contributed by atoms with Gasteiger partial charge in [0, 0.05) is 36.3 Å². The number of rotatable bonds is 7. The summed E-state index contributed by atoms with van der Waals surface area (Å²) < 4.78 is 21.9. The van der Waals surface area contributed by atoms with Gasteiger partial charge in [-0.3, -0.25) is 9.59 Å². The summed E-state index contributed by atoms with van der Waals surface area (Å²) in [6, 6.07) is 14.0. The van der Waals surface area contributed by atoms with E-state index in [1.807, 2.05) is 4.90 Å². The van der Waals surface area contributed by atoms with Crippen LogP contribution in [0.3, 0.4) is 0 Å². The number of carbonyl (C=O) groups is 2. The molecule has 4 rings (SSSR count). The number of methoxy groups -OCH3 is 1. The third-order valence-electron chi connectivity index (χ3n) is 5.60. The van der Waals surface area contributed by atoms with Crippen LogP contribution in [0.25, 0.3) is 0 Å². The van der Waals surface area contributed by atoms with Crippen molar-refractivity contribution in [3.8, 4) is 11.5 Å². The molecule has 2 fully saturated rings. The van der Waals surface area contributed by atoms with Gasteiger partial charge in [0.25, 0.3) is 11.8 Å². The molecule has 0 aliphatic carbocycles. The number of likely N-dealkylation sites (tertiary alicyclic amines) is 1. The van der Waals surface area contributed by atoms with Crippen molar-refractivity contribution in [2.45, 2.75) is 19.1 Å². The molecule has 1 atom stereocenters. The fourth-order valence-electron chi connectivity index (χ4n) is 3.99. The summed E-state index contributed by atoms with van der Waals surface area (Å²) >= 11 is 0. The van der Waals surface area contributed by atoms with Crippen LogP contribution >= 0.6 is 0 Å². The number of amides is 2. The smallest absolute Gasteiger partial charge is 0.262 e. The molecule has 32 heavy (non-hydrogen) atoms. The molecule has 0 spiro atoms. The highest BCUT2D eigenvalue weighted by molar-refractivity contribution is 5.94. The molecule has 0 aromatic heterocycles. The van der Waals surface area contributed by atoms with E-state index in [2.05, 4.69) is 5.32 Å². The molecule has 0 bridgehead atoms. The van der Waals surface area contributed by atoms with Crippen molar-refractivity contribution in [3.63, 3.8) is 0 Å². The number of carbonyl (C=O) groups excluding carboxylic acids is 2. The number of hydrogen-bond donors (Lipinski definition) is 1. The summed E-state index contributed by atoms with van der Waals surface area (Å²) in [5, 5.41) is 2.76. The third-order valence-corrected chi connectivity index (χ3v) is 5.60. The second-order valence-electron chi connectivity index (χ2n) is 7.86. The third kappa shape index (κ3) is 5.57. The molecule has 170 valence electrons. The average molecular weight is 440 g/mol. The minimum absolute atomic E-state index is 0.0185. The minimum Gasteiger partial charge on any atom is -0.497 e. The molecule has 8 nitrogen and oxygen atoms in total. The molecule has 1 unspecified atom stereocenters. The number of benzene rings is 2. The van der Waals surface area contributed by atoms with Crippen LogP contribution in [0.4, 0.5) is 5.69 Å². The fourth-order valence-corrected chi connectivity index (χ4v) is 3.99. The Morgan fingerprint density at radius 3 is 2.62 bits per heavy atom. The van der Waals surface area contributed by atoms with Crippen molar-refractivity contribution in [3.05, 3.63) is 54.1 Å². The molecule has 0 radical (unpaired) electrons. The molecule has 2 aliphatic rings. The Morgan fingerprint density at radius 2 is 1.88 bits per heavy atom. The lowest BCUT2D eigenvalue weighted by Crippen LogP contribution is -2.43. The monoisotopic (exact) mass is 440 g/mol. The van der Waals surface area contributed by atoms with Crippen molar-refractivity contribution < 1.29 is 28.5 Å². The van der Waals surface area contributed by atoms with E-state index in [-0.39, 0.29) is 30.6 Å². The van der Waals surface area contributed by atoms with Gasteiger partial charge >= 0.3 is 0 Å². The van der Waals surface area contributed by atoms with Crippen molar-refractivity contribution in [1.29, 1.82) is 0 Å². The van der Waals surface area contributed by atoms with E-state index in [0.29, 0.717) is 42.5 Å². The largest absolute Gasteiger partial charge is 0.497 e. The van der Waals surface area contributed by atoms with Gasteiger partial charge < -0.3 is 29.2 Å². The van der Waals surface area contributed by atoms with Gasteiger partial charge in [-0.25, -0.2) is 0 Å². The summed E-state index contributed by atoms with van der Waals surface area (Å²) in [6.45, 7) is 2.46. The second kappa shape index (κ2) is 10.5. The summed E-state index contributed by atoms with van der Waals surface area (Å²) in [5.41, 5.74) is 1.22. The van der Waals surface area contributed by atoms with Crippen molar-refractivity contribution in [2.75, 3.05) is 45.3 Å². The van der Waals surface area contributed by atoms with Crippen LogP contribution in [0, 0.1) is 5.92 Å². The molecular weight excluding hydrogens is 412 g/mol. The van der Waals surface area contributed by atoms with Gasteiger partial charge in [-0.1, -0.05) is 6.07 Å². The molecule has 8 heteroatoms. The summed E-state index contributed by atoms with van der Waals surface area (Å²) in [5.74, 6) is 1.09. The van der Waals surface area contributed by atoms with Gasteiger partial charge in [-0.15, -0.1) is 0 Å². The molecule has 0 saturated carbocycles. The van der Waals surface area contributed by atoms with Crippen LogP contribution in [0.5, 0.6) is 11.5 Å². The number of anilines is 1. The Hall–Kier alpha value is -3.10. The van der Waals surface area contributed by atoms with Crippen molar-refractivity contribution in [2.24, 2.45) is 5.92 Å². The molecule has 2 aromatic carbocycles. The maximum atomic E-state index is 12.9. The van der Waals surface area contributed by atoms with E-state index in [1.165, 1.54) is 0 Å². The van der Waals surface area contributed by atoms with Gasteiger partial charge in [0.05, 0.1) is 20.3 Å². The van der Waals surface area contributed by atoms with Crippen LogP contribution in [0.1, 0.15) is 23.2 Å². The van der Waals surface area contributed by atoms with E-state index >= 15 is 0 Å². The normalized spacial score (nSPS) is 18.9. The first-order chi connectivity index (χ1) is 15.6. The lowest BCUT2D eigenvalue weighted by Gasteiger charge is -2.34. The highest BCUT2D eigenvalue weighted by atomic mass is 16.7. The van der Waals surface area contributed by atoms with Crippen molar-refractivity contribution >= 4 is 17.5 Å². The Balaban J connectivity index is 1.27. The van der Waals surface area contributed by atoms with Gasteiger partial charge in [-0.05, 0) is 49.2 Å². The van der Waals surface area contributed by atoms with E-state index < -0.39 is 0 Å². The Kier molecular flexibility index (Phi) is 7.24. The lowest BCUT2D eigenvalue weighted by atomic mass is 9.96. The van der Waals surface area contributed by atoms with Gasteiger partial charge in [0.15, 0.2) is 12.9 Å². The zero-order chi connectivity index (χ0) is 22.3. The Bertz CT molecular complexity index is 926. The number of hydrogen-bond acceptors (Lipinski definition) is 6. The highest BCUT2D eigenvalue weighted by Crippen LogP contribution is 2.26. The van der Waals surface area contributed by atoms with Crippen molar-refractivity contribution in [1.82, 2.24) is 4.90 Å². The number of nitrogens with zero attached hydrogens (tertiary/aromatic N) is 1. The zero-order valence-corrected chi connectivity index (χ0v) is 18.1. The van der Waals surface area contributed by atoms with Crippen LogP contribution < -0.4 is 14.8 Å². The standard InChI is InChI=1S/C24H28N2O6/c1-29-21-6-2-5-19(14-21)25-22(27)16-32-20-9-7-17(8-10-20)23(28)26-11-3-4-18(15-26)24-30-12-13-31-24/h2,5-10,14,18,24H,3-4,11-13,15-16H2,1H3,(H,25,27). The second-order valence-corrected chi connectivity index (χ2v) is 7.86. The Morgan fingerprint density at radius 1 is 1.09 bits per heavy atom. The first kappa shape index (κ1) is 22.1. The number of nitrogens with one attached hydrogen (secondary N) is 1. The van der Waals surface area contributed by atoms with E-state index in [4.69, 9.17) is 18.9 Å². The molecular formula is C24H28N2O6. The van der Waals surface area contributed by atoms with Gasteiger partial charge in [0.2, 0.25) is 0 Å². The van der Waals surface area contributed by atoms with Gasteiger partial charge in [-0.2, -0.15) is 0 Å². The van der Waals surface area contributed by atoms with Crippen LogP contribution in [-0.2, 0) is 14.3 Å². The lowest BCUT2D eigenvalue weighted by molar-refractivity contribution is -0.118. The summed E-state index contributed by atoms with van der Waals surface area (Å²) in [4.78, 5) is 26.9. The maximum Gasteiger partial charge on any atom is 0.262 e. The zero-order valence-electron chi connectivity index (χ0n) is 18.1.